The number of hydrogen-bond acceptors (Lipinski definition) is 10. The standard InChI is InChI=1S/C20H32O10/c1-7-12(22)24-10-20(6,9-21)17(23)27-16-15-14(29-19(4,5)30-15)13(26-16)11-8-25-18(2,3)28-11/h11,13-16,21H,7-10H2,1-6H3/t11?,13-,14+,15+,16?,20?/m1/s1. The van der Waals surface area contributed by atoms with Crippen molar-refractivity contribution in [2.45, 2.75) is 90.2 Å². The minimum absolute atomic E-state index is 0.161. The number of esters is 2. The first-order chi connectivity index (χ1) is 13.9. The predicted molar refractivity (Wildman–Crippen MR) is 99.9 cm³/mol. The Morgan fingerprint density at radius 3 is 2.30 bits per heavy atom. The first-order valence-electron chi connectivity index (χ1n) is 10.2. The summed E-state index contributed by atoms with van der Waals surface area (Å²) in [4.78, 5) is 24.3. The van der Waals surface area contributed by atoms with Gasteiger partial charge in [-0.05, 0) is 34.6 Å². The Bertz CT molecular complexity index is 662. The first-order valence-corrected chi connectivity index (χ1v) is 10.2. The molecule has 0 spiro atoms. The van der Waals surface area contributed by atoms with Crippen molar-refractivity contribution in [3.05, 3.63) is 0 Å². The molecule has 10 heteroatoms. The zero-order chi connectivity index (χ0) is 22.3. The highest BCUT2D eigenvalue weighted by atomic mass is 16.8. The molecule has 3 rings (SSSR count). The number of aliphatic hydroxyl groups is 1. The second kappa shape index (κ2) is 8.33. The Hall–Kier alpha value is -1.30. The maximum Gasteiger partial charge on any atom is 0.320 e. The average molecular weight is 432 g/mol. The van der Waals surface area contributed by atoms with E-state index in [1.165, 1.54) is 6.92 Å². The highest BCUT2D eigenvalue weighted by Gasteiger charge is 2.60. The fourth-order valence-corrected chi connectivity index (χ4v) is 3.62. The molecular weight excluding hydrogens is 400 g/mol. The highest BCUT2D eigenvalue weighted by Crippen LogP contribution is 2.43. The minimum atomic E-state index is -1.44. The molecule has 3 heterocycles. The summed E-state index contributed by atoms with van der Waals surface area (Å²) in [5, 5.41) is 9.74. The molecule has 0 aliphatic carbocycles. The van der Waals surface area contributed by atoms with Crippen molar-refractivity contribution in [3.8, 4) is 0 Å². The number of ether oxygens (including phenoxy) is 7. The van der Waals surface area contributed by atoms with Crippen LogP contribution in [0.4, 0.5) is 0 Å². The molecule has 6 atom stereocenters. The van der Waals surface area contributed by atoms with E-state index in [1.54, 1.807) is 34.6 Å². The molecule has 0 aromatic rings. The van der Waals surface area contributed by atoms with Crippen LogP contribution in [0.3, 0.4) is 0 Å². The number of rotatable bonds is 7. The van der Waals surface area contributed by atoms with Crippen LogP contribution in [0.5, 0.6) is 0 Å². The van der Waals surface area contributed by atoms with E-state index >= 15 is 0 Å². The van der Waals surface area contributed by atoms with E-state index in [9.17, 15) is 14.7 Å². The van der Waals surface area contributed by atoms with Gasteiger partial charge in [-0.1, -0.05) is 6.92 Å². The Kier molecular flexibility index (Phi) is 6.48. The van der Waals surface area contributed by atoms with Crippen molar-refractivity contribution >= 4 is 11.9 Å². The molecule has 3 aliphatic rings. The third-order valence-corrected chi connectivity index (χ3v) is 5.35. The summed E-state index contributed by atoms with van der Waals surface area (Å²) >= 11 is 0. The molecule has 3 unspecified atom stereocenters. The molecule has 0 aromatic carbocycles. The molecule has 3 fully saturated rings. The van der Waals surface area contributed by atoms with Crippen molar-refractivity contribution in [1.82, 2.24) is 0 Å². The Balaban J connectivity index is 1.71. The summed E-state index contributed by atoms with van der Waals surface area (Å²) in [5.74, 6) is -2.90. The fourth-order valence-electron chi connectivity index (χ4n) is 3.62. The fraction of sp³-hybridized carbons (Fsp3) is 0.900. The van der Waals surface area contributed by atoms with Gasteiger partial charge in [-0.15, -0.1) is 0 Å². The van der Waals surface area contributed by atoms with Gasteiger partial charge in [-0.25, -0.2) is 0 Å². The summed E-state index contributed by atoms with van der Waals surface area (Å²) in [6.07, 6.45) is -3.12. The van der Waals surface area contributed by atoms with Crippen molar-refractivity contribution < 1.29 is 47.9 Å². The molecule has 172 valence electrons. The maximum atomic E-state index is 12.8. The van der Waals surface area contributed by atoms with Crippen molar-refractivity contribution in [1.29, 1.82) is 0 Å². The van der Waals surface area contributed by atoms with Gasteiger partial charge in [0.15, 0.2) is 17.7 Å². The summed E-state index contributed by atoms with van der Waals surface area (Å²) in [6.45, 7) is 9.65. The van der Waals surface area contributed by atoms with E-state index in [0.29, 0.717) is 6.61 Å². The van der Waals surface area contributed by atoms with E-state index in [1.807, 2.05) is 0 Å². The first kappa shape index (κ1) is 23.4. The Morgan fingerprint density at radius 2 is 1.73 bits per heavy atom. The average Bonchev–Trinajstić information content (AvgIpc) is 3.29. The predicted octanol–water partition coefficient (Wildman–Crippen LogP) is 0.878. The molecule has 0 bridgehead atoms. The van der Waals surface area contributed by atoms with Crippen LogP contribution in [0.15, 0.2) is 0 Å². The molecule has 10 nitrogen and oxygen atoms in total. The summed E-state index contributed by atoms with van der Waals surface area (Å²) < 4.78 is 40.0. The monoisotopic (exact) mass is 432 g/mol. The van der Waals surface area contributed by atoms with Gasteiger partial charge < -0.3 is 38.3 Å². The van der Waals surface area contributed by atoms with Gasteiger partial charge in [0.05, 0.1) is 13.2 Å². The second-order valence-corrected chi connectivity index (χ2v) is 9.04. The molecule has 3 saturated heterocycles. The van der Waals surface area contributed by atoms with Crippen molar-refractivity contribution in [3.63, 3.8) is 0 Å². The van der Waals surface area contributed by atoms with Crippen LogP contribution >= 0.6 is 0 Å². The largest absolute Gasteiger partial charge is 0.464 e. The third-order valence-electron chi connectivity index (χ3n) is 5.35. The minimum Gasteiger partial charge on any atom is -0.464 e. The van der Waals surface area contributed by atoms with E-state index < -0.39 is 66.2 Å². The zero-order valence-corrected chi connectivity index (χ0v) is 18.3. The van der Waals surface area contributed by atoms with E-state index in [4.69, 9.17) is 33.2 Å². The topological polar surface area (TPSA) is 119 Å². The number of aliphatic hydroxyl groups excluding tert-OH is 1. The lowest BCUT2D eigenvalue weighted by Crippen LogP contribution is -2.43. The number of hydrogen-bond donors (Lipinski definition) is 1. The smallest absolute Gasteiger partial charge is 0.320 e. The SMILES string of the molecule is CCC(=O)OCC(C)(CO)C(=O)OC1O[C@H](C2COC(C)(C)O2)[C@@H]2OC(C)(C)O[C@H]12. The number of fused-ring (bicyclic) bond motifs is 1. The molecular formula is C20H32O10. The van der Waals surface area contributed by atoms with Crippen LogP contribution in [0, 0.1) is 5.41 Å². The van der Waals surface area contributed by atoms with Crippen molar-refractivity contribution in [2.24, 2.45) is 5.41 Å². The molecule has 0 amide bonds. The summed E-state index contributed by atoms with van der Waals surface area (Å²) in [6, 6.07) is 0. The number of carbonyl (C=O) groups is 2. The van der Waals surface area contributed by atoms with E-state index in [-0.39, 0.29) is 13.0 Å². The normalized spacial score (nSPS) is 36.2. The lowest BCUT2D eigenvalue weighted by Gasteiger charge is -2.29. The van der Waals surface area contributed by atoms with Crippen LogP contribution in [0.1, 0.15) is 48.0 Å². The lowest BCUT2D eigenvalue weighted by atomic mass is 9.93. The van der Waals surface area contributed by atoms with E-state index in [0.717, 1.165) is 0 Å². The third kappa shape index (κ3) is 4.79. The van der Waals surface area contributed by atoms with Crippen LogP contribution in [0.25, 0.3) is 0 Å². The van der Waals surface area contributed by atoms with Gasteiger partial charge in [-0.2, -0.15) is 0 Å². The molecule has 1 N–H and O–H groups in total. The maximum absolute atomic E-state index is 12.8. The van der Waals surface area contributed by atoms with Crippen LogP contribution < -0.4 is 0 Å². The Morgan fingerprint density at radius 1 is 1.07 bits per heavy atom. The van der Waals surface area contributed by atoms with Crippen LogP contribution in [0.2, 0.25) is 0 Å². The number of carbonyl (C=O) groups excluding carboxylic acids is 2. The second-order valence-electron chi connectivity index (χ2n) is 9.04. The van der Waals surface area contributed by atoms with Gasteiger partial charge in [0.25, 0.3) is 0 Å². The molecule has 0 radical (unpaired) electrons. The molecule has 0 aromatic heterocycles. The molecule has 0 saturated carbocycles. The zero-order valence-electron chi connectivity index (χ0n) is 18.3. The van der Waals surface area contributed by atoms with E-state index in [2.05, 4.69) is 0 Å². The van der Waals surface area contributed by atoms with Gasteiger partial charge in [0, 0.05) is 6.42 Å². The quantitative estimate of drug-likeness (QED) is 0.581. The van der Waals surface area contributed by atoms with Crippen LogP contribution in [-0.2, 0) is 42.7 Å². The highest BCUT2D eigenvalue weighted by molar-refractivity contribution is 5.77. The van der Waals surface area contributed by atoms with Gasteiger partial charge >= 0.3 is 11.9 Å². The van der Waals surface area contributed by atoms with Crippen molar-refractivity contribution in [2.75, 3.05) is 19.8 Å². The lowest BCUT2D eigenvalue weighted by molar-refractivity contribution is -0.249. The Labute approximate surface area is 176 Å². The summed E-state index contributed by atoms with van der Waals surface area (Å²) in [7, 11) is 0. The van der Waals surface area contributed by atoms with Gasteiger partial charge in [-0.3, -0.25) is 9.59 Å². The molecule has 3 aliphatic heterocycles. The summed E-state index contributed by atoms with van der Waals surface area (Å²) in [5.41, 5.74) is -1.44. The van der Waals surface area contributed by atoms with Gasteiger partial charge in [0.2, 0.25) is 6.29 Å². The van der Waals surface area contributed by atoms with Crippen LogP contribution in [-0.4, -0.2) is 79.1 Å². The van der Waals surface area contributed by atoms with Gasteiger partial charge in [0.1, 0.15) is 30.3 Å². The molecule has 30 heavy (non-hydrogen) atoms.